The fourth-order valence-electron chi connectivity index (χ4n) is 1.93. The zero-order chi connectivity index (χ0) is 11.9. The fraction of sp³-hybridized carbons (Fsp3) is 0.357. The molecule has 0 aliphatic rings. The lowest BCUT2D eigenvalue weighted by Crippen LogP contribution is -1.94. The standard InChI is InChI=1S/C14H18N2O/c17-14-7-4-6-13(11-14)5-2-1-3-9-16-10-8-15-12-16/h4,6-8,10-12,17H,1-3,5,9H2. The molecule has 90 valence electrons. The molecule has 2 aromatic rings. The van der Waals surface area contributed by atoms with E-state index < -0.39 is 0 Å². The predicted octanol–water partition coefficient (Wildman–Crippen LogP) is 3.00. The summed E-state index contributed by atoms with van der Waals surface area (Å²) >= 11 is 0. The highest BCUT2D eigenvalue weighted by molar-refractivity contribution is 5.27. The number of aromatic hydroxyl groups is 1. The molecule has 0 fully saturated rings. The zero-order valence-electron chi connectivity index (χ0n) is 9.92. The largest absolute Gasteiger partial charge is 0.508 e. The molecular formula is C14H18N2O. The minimum absolute atomic E-state index is 0.362. The number of aryl methyl sites for hydroxylation is 2. The van der Waals surface area contributed by atoms with E-state index in [4.69, 9.17) is 0 Å². The maximum absolute atomic E-state index is 9.33. The lowest BCUT2D eigenvalue weighted by atomic mass is 10.1. The van der Waals surface area contributed by atoms with Crippen molar-refractivity contribution in [3.8, 4) is 5.75 Å². The van der Waals surface area contributed by atoms with Gasteiger partial charge in [0, 0.05) is 18.9 Å². The van der Waals surface area contributed by atoms with Crippen LogP contribution in [0.3, 0.4) is 0 Å². The monoisotopic (exact) mass is 230 g/mol. The second kappa shape index (κ2) is 6.09. The Hall–Kier alpha value is -1.77. The molecule has 1 N–H and O–H groups in total. The van der Waals surface area contributed by atoms with E-state index in [0.29, 0.717) is 5.75 Å². The van der Waals surface area contributed by atoms with E-state index >= 15 is 0 Å². The van der Waals surface area contributed by atoms with Gasteiger partial charge in [0.25, 0.3) is 0 Å². The van der Waals surface area contributed by atoms with Crippen LogP contribution in [-0.4, -0.2) is 14.7 Å². The molecular weight excluding hydrogens is 212 g/mol. The van der Waals surface area contributed by atoms with Gasteiger partial charge in [-0.2, -0.15) is 0 Å². The number of hydrogen-bond acceptors (Lipinski definition) is 2. The van der Waals surface area contributed by atoms with Crippen LogP contribution in [0.1, 0.15) is 24.8 Å². The van der Waals surface area contributed by atoms with E-state index in [1.54, 1.807) is 6.07 Å². The van der Waals surface area contributed by atoms with Crippen LogP contribution >= 0.6 is 0 Å². The van der Waals surface area contributed by atoms with Crippen LogP contribution in [0.15, 0.2) is 43.0 Å². The molecule has 3 heteroatoms. The second-order valence-corrected chi connectivity index (χ2v) is 4.28. The average molecular weight is 230 g/mol. The van der Waals surface area contributed by atoms with E-state index in [-0.39, 0.29) is 0 Å². The van der Waals surface area contributed by atoms with Crippen LogP contribution in [0.5, 0.6) is 5.75 Å². The maximum atomic E-state index is 9.33. The number of unbranched alkanes of at least 4 members (excludes halogenated alkanes) is 2. The number of phenols is 1. The third-order valence-electron chi connectivity index (χ3n) is 2.85. The summed E-state index contributed by atoms with van der Waals surface area (Å²) in [5.41, 5.74) is 1.22. The van der Waals surface area contributed by atoms with Crippen molar-refractivity contribution < 1.29 is 5.11 Å². The van der Waals surface area contributed by atoms with Crippen LogP contribution in [0, 0.1) is 0 Å². The number of rotatable bonds is 6. The van der Waals surface area contributed by atoms with Gasteiger partial charge in [0.05, 0.1) is 6.33 Å². The van der Waals surface area contributed by atoms with Crippen molar-refractivity contribution in [3.05, 3.63) is 48.5 Å². The van der Waals surface area contributed by atoms with Crippen LogP contribution in [-0.2, 0) is 13.0 Å². The Morgan fingerprint density at radius 3 is 2.88 bits per heavy atom. The Balaban J connectivity index is 1.63. The number of benzene rings is 1. The van der Waals surface area contributed by atoms with Crippen molar-refractivity contribution >= 4 is 0 Å². The summed E-state index contributed by atoms with van der Waals surface area (Å²) in [6, 6.07) is 7.52. The minimum atomic E-state index is 0.362. The Bertz CT molecular complexity index is 437. The summed E-state index contributed by atoms with van der Waals surface area (Å²) in [4.78, 5) is 4.01. The molecule has 0 bridgehead atoms. The highest BCUT2D eigenvalue weighted by Crippen LogP contribution is 2.13. The van der Waals surface area contributed by atoms with E-state index in [9.17, 15) is 5.11 Å². The van der Waals surface area contributed by atoms with Crippen LogP contribution in [0.2, 0.25) is 0 Å². The molecule has 0 spiro atoms. The smallest absolute Gasteiger partial charge is 0.115 e. The van der Waals surface area contributed by atoms with Gasteiger partial charge in [-0.15, -0.1) is 0 Å². The normalized spacial score (nSPS) is 10.6. The Morgan fingerprint density at radius 2 is 2.12 bits per heavy atom. The van der Waals surface area contributed by atoms with Crippen molar-refractivity contribution in [2.45, 2.75) is 32.2 Å². The Morgan fingerprint density at radius 1 is 1.18 bits per heavy atom. The van der Waals surface area contributed by atoms with Gasteiger partial charge in [-0.3, -0.25) is 0 Å². The first-order valence-corrected chi connectivity index (χ1v) is 6.08. The summed E-state index contributed by atoms with van der Waals surface area (Å²) in [5.74, 6) is 0.362. The number of imidazole rings is 1. The van der Waals surface area contributed by atoms with Crippen LogP contribution in [0.25, 0.3) is 0 Å². The number of phenolic OH excluding ortho intramolecular Hbond substituents is 1. The highest BCUT2D eigenvalue weighted by atomic mass is 16.3. The Labute approximate surface area is 102 Å². The first-order chi connectivity index (χ1) is 8.34. The van der Waals surface area contributed by atoms with E-state index in [1.807, 2.05) is 30.9 Å². The lowest BCUT2D eigenvalue weighted by Gasteiger charge is -2.03. The van der Waals surface area contributed by atoms with Crippen molar-refractivity contribution in [1.82, 2.24) is 9.55 Å². The van der Waals surface area contributed by atoms with Gasteiger partial charge in [-0.05, 0) is 37.0 Å². The van der Waals surface area contributed by atoms with Crippen LogP contribution < -0.4 is 0 Å². The van der Waals surface area contributed by atoms with Gasteiger partial charge in [-0.1, -0.05) is 18.6 Å². The van der Waals surface area contributed by atoms with E-state index in [0.717, 1.165) is 19.4 Å². The fourth-order valence-corrected chi connectivity index (χ4v) is 1.93. The first-order valence-electron chi connectivity index (χ1n) is 6.08. The predicted molar refractivity (Wildman–Crippen MR) is 67.9 cm³/mol. The third-order valence-corrected chi connectivity index (χ3v) is 2.85. The molecule has 0 saturated carbocycles. The number of aromatic nitrogens is 2. The quantitative estimate of drug-likeness (QED) is 0.775. The molecule has 0 unspecified atom stereocenters. The molecule has 2 rings (SSSR count). The van der Waals surface area contributed by atoms with E-state index in [2.05, 4.69) is 15.6 Å². The summed E-state index contributed by atoms with van der Waals surface area (Å²) in [7, 11) is 0. The lowest BCUT2D eigenvalue weighted by molar-refractivity contribution is 0.474. The maximum Gasteiger partial charge on any atom is 0.115 e. The van der Waals surface area contributed by atoms with Crippen molar-refractivity contribution in [2.24, 2.45) is 0 Å². The SMILES string of the molecule is Oc1cccc(CCCCCn2ccnc2)c1. The molecule has 1 aromatic heterocycles. The van der Waals surface area contributed by atoms with Gasteiger partial charge >= 0.3 is 0 Å². The molecule has 0 amide bonds. The molecule has 0 aliphatic heterocycles. The molecule has 0 atom stereocenters. The molecule has 0 aliphatic carbocycles. The number of nitrogens with zero attached hydrogens (tertiary/aromatic N) is 2. The topological polar surface area (TPSA) is 38.0 Å². The third kappa shape index (κ3) is 3.94. The zero-order valence-corrected chi connectivity index (χ0v) is 9.92. The Kier molecular flexibility index (Phi) is 4.19. The molecule has 3 nitrogen and oxygen atoms in total. The summed E-state index contributed by atoms with van der Waals surface area (Å²) in [6.07, 6.45) is 10.2. The van der Waals surface area contributed by atoms with Gasteiger partial charge in [0.2, 0.25) is 0 Å². The van der Waals surface area contributed by atoms with Gasteiger partial charge in [0.15, 0.2) is 0 Å². The second-order valence-electron chi connectivity index (χ2n) is 4.28. The summed E-state index contributed by atoms with van der Waals surface area (Å²) < 4.78 is 2.11. The summed E-state index contributed by atoms with van der Waals surface area (Å²) in [6.45, 7) is 1.04. The van der Waals surface area contributed by atoms with Gasteiger partial charge in [-0.25, -0.2) is 4.98 Å². The van der Waals surface area contributed by atoms with Crippen LogP contribution in [0.4, 0.5) is 0 Å². The van der Waals surface area contributed by atoms with Gasteiger partial charge < -0.3 is 9.67 Å². The van der Waals surface area contributed by atoms with Crippen molar-refractivity contribution in [2.75, 3.05) is 0 Å². The van der Waals surface area contributed by atoms with Crippen molar-refractivity contribution in [1.29, 1.82) is 0 Å². The molecule has 1 aromatic carbocycles. The highest BCUT2D eigenvalue weighted by Gasteiger charge is 1.96. The molecule has 0 saturated heterocycles. The molecule has 1 heterocycles. The molecule has 17 heavy (non-hydrogen) atoms. The average Bonchev–Trinajstić information content (AvgIpc) is 2.82. The molecule has 0 radical (unpaired) electrons. The van der Waals surface area contributed by atoms with Gasteiger partial charge in [0.1, 0.15) is 5.75 Å². The summed E-state index contributed by atoms with van der Waals surface area (Å²) in [5, 5.41) is 9.33. The number of hydrogen-bond donors (Lipinski definition) is 1. The first kappa shape index (κ1) is 11.7. The minimum Gasteiger partial charge on any atom is -0.508 e. The van der Waals surface area contributed by atoms with Crippen molar-refractivity contribution in [3.63, 3.8) is 0 Å². The van der Waals surface area contributed by atoms with E-state index in [1.165, 1.54) is 18.4 Å².